The van der Waals surface area contributed by atoms with Crippen molar-refractivity contribution in [1.29, 1.82) is 0 Å². The zero-order chi connectivity index (χ0) is 18.6. The van der Waals surface area contributed by atoms with Gasteiger partial charge >= 0.3 is 0 Å². The Kier molecular flexibility index (Phi) is 7.77. The molecule has 0 fully saturated rings. The van der Waals surface area contributed by atoms with Crippen LogP contribution in [0, 0.1) is 5.92 Å². The predicted molar refractivity (Wildman–Crippen MR) is 106 cm³/mol. The number of anilines is 1. The number of nitrogens with two attached hydrogens (primary N) is 2. The fourth-order valence-electron chi connectivity index (χ4n) is 2.57. The Morgan fingerprint density at radius 3 is 2.31 bits per heavy atom. The van der Waals surface area contributed by atoms with Gasteiger partial charge < -0.3 is 11.1 Å². The van der Waals surface area contributed by atoms with Gasteiger partial charge in [0.25, 0.3) is 0 Å². The summed E-state index contributed by atoms with van der Waals surface area (Å²) in [4.78, 5) is 12.5. The van der Waals surface area contributed by atoms with Gasteiger partial charge in [0.1, 0.15) is 0 Å². The van der Waals surface area contributed by atoms with E-state index in [1.165, 1.54) is 6.07 Å². The number of aryl methyl sites for hydroxylation is 1. The monoisotopic (exact) mass is 397 g/mol. The minimum Gasteiger partial charge on any atom is -0.326 e. The van der Waals surface area contributed by atoms with Crippen LogP contribution in [0.1, 0.15) is 31.0 Å². The maximum Gasteiger partial charge on any atom is 0.238 e. The molecule has 0 aliphatic carbocycles. The Morgan fingerprint density at radius 2 is 1.77 bits per heavy atom. The molecule has 2 rings (SSSR count). The molecule has 0 saturated heterocycles. The molecule has 0 saturated carbocycles. The van der Waals surface area contributed by atoms with Crippen molar-refractivity contribution in [2.75, 3.05) is 5.32 Å². The first kappa shape index (κ1) is 22.1. The lowest BCUT2D eigenvalue weighted by molar-refractivity contribution is -0.120. The van der Waals surface area contributed by atoms with E-state index in [0.29, 0.717) is 17.7 Å². The minimum absolute atomic E-state index is 0. The highest BCUT2D eigenvalue weighted by Gasteiger charge is 2.23. The zero-order valence-corrected chi connectivity index (χ0v) is 16.3. The van der Waals surface area contributed by atoms with E-state index < -0.39 is 22.0 Å². The summed E-state index contributed by atoms with van der Waals surface area (Å²) in [5.41, 5.74) is 8.00. The van der Waals surface area contributed by atoms with Crippen LogP contribution >= 0.6 is 12.4 Å². The van der Waals surface area contributed by atoms with E-state index in [1.807, 2.05) is 37.3 Å². The van der Waals surface area contributed by atoms with Gasteiger partial charge in [-0.15, -0.1) is 12.4 Å². The number of hydrogen-bond donors (Lipinski definition) is 3. The Hall–Kier alpha value is -1.93. The highest BCUT2D eigenvalue weighted by molar-refractivity contribution is 7.89. The number of nitrogens with one attached hydrogen (secondary N) is 1. The van der Waals surface area contributed by atoms with Crippen molar-refractivity contribution in [3.8, 4) is 0 Å². The van der Waals surface area contributed by atoms with Gasteiger partial charge in [-0.25, -0.2) is 13.6 Å². The summed E-state index contributed by atoms with van der Waals surface area (Å²) in [7, 11) is -3.86. The average molecular weight is 398 g/mol. The van der Waals surface area contributed by atoms with Crippen molar-refractivity contribution in [2.24, 2.45) is 16.8 Å². The summed E-state index contributed by atoms with van der Waals surface area (Å²) in [6, 6.07) is 13.6. The number of sulfonamides is 1. The third-order valence-electron chi connectivity index (χ3n) is 4.16. The lowest BCUT2D eigenvalue weighted by atomic mass is 9.94. The summed E-state index contributed by atoms with van der Waals surface area (Å²) in [5, 5.41) is 7.97. The van der Waals surface area contributed by atoms with Gasteiger partial charge in [0.15, 0.2) is 0 Å². The number of rotatable bonds is 6. The van der Waals surface area contributed by atoms with Crippen molar-refractivity contribution in [3.63, 3.8) is 0 Å². The normalized spacial score (nSPS) is 13.4. The molecule has 0 bridgehead atoms. The molecule has 0 heterocycles. The van der Waals surface area contributed by atoms with E-state index in [9.17, 15) is 13.2 Å². The van der Waals surface area contributed by atoms with Gasteiger partial charge in [-0.2, -0.15) is 0 Å². The van der Waals surface area contributed by atoms with E-state index >= 15 is 0 Å². The number of amides is 1. The lowest BCUT2D eigenvalue weighted by Crippen LogP contribution is -2.30. The molecule has 0 spiro atoms. The molecular formula is C18H24ClN3O3S. The van der Waals surface area contributed by atoms with Gasteiger partial charge in [-0.1, -0.05) is 50.2 Å². The lowest BCUT2D eigenvalue weighted by Gasteiger charge is -2.20. The average Bonchev–Trinajstić information content (AvgIpc) is 2.60. The summed E-state index contributed by atoms with van der Waals surface area (Å²) < 4.78 is 23.4. The maximum absolute atomic E-state index is 12.5. The van der Waals surface area contributed by atoms with Crippen molar-refractivity contribution in [3.05, 3.63) is 59.7 Å². The molecule has 0 radical (unpaired) electrons. The second-order valence-corrected chi connectivity index (χ2v) is 7.47. The molecule has 0 aliphatic heterocycles. The van der Waals surface area contributed by atoms with E-state index in [1.54, 1.807) is 19.1 Å². The molecule has 2 unspecified atom stereocenters. The molecule has 26 heavy (non-hydrogen) atoms. The topological polar surface area (TPSA) is 115 Å². The second kappa shape index (κ2) is 9.14. The molecule has 2 atom stereocenters. The van der Waals surface area contributed by atoms with Crippen LogP contribution in [-0.2, 0) is 21.2 Å². The van der Waals surface area contributed by atoms with Gasteiger partial charge in [-0.3, -0.25) is 4.79 Å². The first-order valence-electron chi connectivity index (χ1n) is 8.01. The van der Waals surface area contributed by atoms with Crippen molar-refractivity contribution in [2.45, 2.75) is 31.2 Å². The Balaban J connectivity index is 0.00000338. The van der Waals surface area contributed by atoms with Crippen LogP contribution < -0.4 is 16.2 Å². The van der Waals surface area contributed by atoms with Crippen LogP contribution in [0.15, 0.2) is 53.4 Å². The van der Waals surface area contributed by atoms with E-state index in [0.717, 1.165) is 5.56 Å². The summed E-state index contributed by atoms with van der Waals surface area (Å²) in [6.07, 6.45) is 0.523. The Labute approximate surface area is 160 Å². The second-order valence-electron chi connectivity index (χ2n) is 5.94. The SMILES string of the molecule is CCc1ccc(NC(=O)C(C)C(N)c2ccccc2)cc1S(N)(=O)=O.Cl. The summed E-state index contributed by atoms with van der Waals surface area (Å²) >= 11 is 0. The maximum atomic E-state index is 12.5. The number of halogens is 1. The Morgan fingerprint density at radius 1 is 1.15 bits per heavy atom. The predicted octanol–water partition coefficient (Wildman–Crippen LogP) is 2.59. The molecule has 0 aromatic heterocycles. The molecule has 2 aromatic rings. The number of carbonyl (C=O) groups is 1. The number of benzene rings is 2. The van der Waals surface area contributed by atoms with Crippen molar-refractivity contribution >= 4 is 34.0 Å². The van der Waals surface area contributed by atoms with E-state index in [4.69, 9.17) is 10.9 Å². The third-order valence-corrected chi connectivity index (χ3v) is 5.15. The Bertz CT molecular complexity index is 857. The largest absolute Gasteiger partial charge is 0.326 e. The molecule has 1 amide bonds. The molecule has 142 valence electrons. The molecule has 8 heteroatoms. The molecule has 2 aromatic carbocycles. The van der Waals surface area contributed by atoms with Gasteiger partial charge in [0, 0.05) is 11.7 Å². The van der Waals surface area contributed by atoms with Crippen LogP contribution in [0.4, 0.5) is 5.69 Å². The van der Waals surface area contributed by atoms with Crippen LogP contribution in [0.2, 0.25) is 0 Å². The first-order valence-corrected chi connectivity index (χ1v) is 9.55. The highest BCUT2D eigenvalue weighted by Crippen LogP contribution is 2.23. The standard InChI is InChI=1S/C18H23N3O3S.ClH/c1-3-13-9-10-15(11-16(13)25(20,23)24)21-18(22)12(2)17(19)14-7-5-4-6-8-14;/h4-12,17H,3,19H2,1-2H3,(H,21,22)(H2,20,23,24);1H. The summed E-state index contributed by atoms with van der Waals surface area (Å²) in [6.45, 7) is 3.57. The smallest absolute Gasteiger partial charge is 0.238 e. The first-order chi connectivity index (χ1) is 11.7. The molecule has 6 nitrogen and oxygen atoms in total. The van der Waals surface area contributed by atoms with Crippen LogP contribution in [0.3, 0.4) is 0 Å². The number of primary sulfonamides is 1. The van der Waals surface area contributed by atoms with Gasteiger partial charge in [0.05, 0.1) is 10.8 Å². The van der Waals surface area contributed by atoms with Gasteiger partial charge in [0.2, 0.25) is 15.9 Å². The molecule has 0 aliphatic rings. The van der Waals surface area contributed by atoms with Crippen molar-refractivity contribution in [1.82, 2.24) is 0 Å². The number of carbonyl (C=O) groups excluding carboxylic acids is 1. The van der Waals surface area contributed by atoms with Crippen LogP contribution in [-0.4, -0.2) is 14.3 Å². The minimum atomic E-state index is -3.86. The fourth-order valence-corrected chi connectivity index (χ4v) is 3.44. The molecular weight excluding hydrogens is 374 g/mol. The van der Waals surface area contributed by atoms with Crippen LogP contribution in [0.25, 0.3) is 0 Å². The quantitative estimate of drug-likeness (QED) is 0.694. The zero-order valence-electron chi connectivity index (χ0n) is 14.7. The van der Waals surface area contributed by atoms with Gasteiger partial charge in [-0.05, 0) is 29.7 Å². The van der Waals surface area contributed by atoms with E-state index in [-0.39, 0.29) is 23.2 Å². The number of hydrogen-bond acceptors (Lipinski definition) is 4. The fraction of sp³-hybridized carbons (Fsp3) is 0.278. The summed E-state index contributed by atoms with van der Waals surface area (Å²) in [5.74, 6) is -0.785. The van der Waals surface area contributed by atoms with Crippen molar-refractivity contribution < 1.29 is 13.2 Å². The molecule has 5 N–H and O–H groups in total. The highest BCUT2D eigenvalue weighted by atomic mass is 35.5. The third kappa shape index (κ3) is 5.28. The van der Waals surface area contributed by atoms with Crippen LogP contribution in [0.5, 0.6) is 0 Å². The van der Waals surface area contributed by atoms with E-state index in [2.05, 4.69) is 5.32 Å².